The fourth-order valence-electron chi connectivity index (χ4n) is 4.96. The van der Waals surface area contributed by atoms with E-state index in [1.807, 2.05) is 29.4 Å². The summed E-state index contributed by atoms with van der Waals surface area (Å²) in [6, 6.07) is 6.27. The van der Waals surface area contributed by atoms with Crippen molar-refractivity contribution in [2.75, 3.05) is 4.90 Å². The summed E-state index contributed by atoms with van der Waals surface area (Å²) in [4.78, 5) is 31.6. The summed E-state index contributed by atoms with van der Waals surface area (Å²) < 4.78 is 0. The molecule has 0 saturated heterocycles. The van der Waals surface area contributed by atoms with E-state index in [-0.39, 0.29) is 23.9 Å². The monoisotopic (exact) mass is 375 g/mol. The first kappa shape index (κ1) is 17.4. The van der Waals surface area contributed by atoms with E-state index in [2.05, 4.69) is 23.3 Å². The van der Waals surface area contributed by atoms with Gasteiger partial charge in [0.1, 0.15) is 0 Å². The highest BCUT2D eigenvalue weighted by Gasteiger charge is 2.47. The molecule has 5 rings (SSSR count). The quantitative estimate of drug-likeness (QED) is 0.881. The summed E-state index contributed by atoms with van der Waals surface area (Å²) in [6.07, 6.45) is 8.87. The van der Waals surface area contributed by atoms with Crippen molar-refractivity contribution >= 4 is 17.5 Å². The van der Waals surface area contributed by atoms with Crippen LogP contribution in [0.5, 0.6) is 0 Å². The van der Waals surface area contributed by atoms with Crippen molar-refractivity contribution in [3.63, 3.8) is 0 Å². The molecule has 2 atom stereocenters. The number of amides is 2. The second kappa shape index (κ2) is 6.43. The fourth-order valence-corrected chi connectivity index (χ4v) is 4.96. The first-order valence-electron chi connectivity index (χ1n) is 10.2. The molecule has 0 radical (unpaired) electrons. The lowest BCUT2D eigenvalue weighted by Gasteiger charge is -2.32. The molecule has 1 aromatic heterocycles. The summed E-state index contributed by atoms with van der Waals surface area (Å²) >= 11 is 0. The van der Waals surface area contributed by atoms with E-state index in [0.717, 1.165) is 36.1 Å². The number of aryl methyl sites for hydroxylation is 1. The Morgan fingerprint density at radius 2 is 2.00 bits per heavy atom. The molecule has 1 saturated carbocycles. The molecule has 0 bridgehead atoms. The van der Waals surface area contributed by atoms with Gasteiger partial charge in [-0.15, -0.1) is 0 Å². The minimum absolute atomic E-state index is 0.0181. The van der Waals surface area contributed by atoms with Crippen molar-refractivity contribution < 1.29 is 9.59 Å². The van der Waals surface area contributed by atoms with Gasteiger partial charge in [-0.25, -0.2) is 0 Å². The van der Waals surface area contributed by atoms with Gasteiger partial charge in [-0.3, -0.25) is 19.5 Å². The Morgan fingerprint density at radius 3 is 2.75 bits per heavy atom. The van der Waals surface area contributed by atoms with Crippen LogP contribution in [0.2, 0.25) is 0 Å². The molecule has 2 aliphatic carbocycles. The molecular weight excluding hydrogens is 350 g/mol. The van der Waals surface area contributed by atoms with Gasteiger partial charge >= 0.3 is 0 Å². The topological polar surface area (TPSA) is 62.3 Å². The summed E-state index contributed by atoms with van der Waals surface area (Å²) in [6.45, 7) is 3.64. The molecule has 1 aromatic carbocycles. The van der Waals surface area contributed by atoms with Crippen LogP contribution < -0.4 is 10.2 Å². The van der Waals surface area contributed by atoms with Crippen LogP contribution >= 0.6 is 0 Å². The lowest BCUT2D eigenvalue weighted by Crippen LogP contribution is -2.33. The molecule has 28 heavy (non-hydrogen) atoms. The number of fused-ring (bicyclic) bond motifs is 2. The molecule has 5 nitrogen and oxygen atoms in total. The Morgan fingerprint density at radius 1 is 1.18 bits per heavy atom. The Labute approximate surface area is 165 Å². The maximum absolute atomic E-state index is 13.4. The largest absolute Gasteiger partial charge is 0.349 e. The Balaban J connectivity index is 1.62. The number of rotatable bonds is 3. The van der Waals surface area contributed by atoms with Gasteiger partial charge in [0.15, 0.2) is 0 Å². The third kappa shape index (κ3) is 2.72. The van der Waals surface area contributed by atoms with Crippen molar-refractivity contribution in [1.29, 1.82) is 0 Å². The number of nitrogens with one attached hydrogen (secondary N) is 1. The fraction of sp³-hybridized carbons (Fsp3) is 0.435. The van der Waals surface area contributed by atoms with Crippen molar-refractivity contribution in [3.8, 4) is 0 Å². The molecule has 2 amide bonds. The van der Waals surface area contributed by atoms with E-state index in [9.17, 15) is 9.59 Å². The maximum atomic E-state index is 13.4. The lowest BCUT2D eigenvalue weighted by atomic mass is 9.87. The highest BCUT2D eigenvalue weighted by molar-refractivity contribution is 6.11. The van der Waals surface area contributed by atoms with Gasteiger partial charge < -0.3 is 5.32 Å². The van der Waals surface area contributed by atoms with Crippen LogP contribution in [0.25, 0.3) is 0 Å². The molecule has 0 spiro atoms. The van der Waals surface area contributed by atoms with Gasteiger partial charge in [-0.05, 0) is 67.7 Å². The second-order valence-corrected chi connectivity index (χ2v) is 8.42. The standard InChI is InChI=1S/C23H25N3O2/c1-13-6-9-17-18(10-13)22(15-7-8-15)26(23(17)28)21-12-24-11-19-16(21)4-3-5-20(19)25-14(2)27/h6,9-12,15,20,22H,3-5,7-8H2,1-2H3,(H,25,27)/t20-,22?/m1/s1. The van der Waals surface area contributed by atoms with Gasteiger partial charge in [0, 0.05) is 18.7 Å². The van der Waals surface area contributed by atoms with E-state index >= 15 is 0 Å². The number of hydrogen-bond donors (Lipinski definition) is 1. The molecule has 5 heteroatoms. The van der Waals surface area contributed by atoms with Crippen LogP contribution in [0.3, 0.4) is 0 Å². The van der Waals surface area contributed by atoms with E-state index in [1.165, 1.54) is 29.5 Å². The lowest BCUT2D eigenvalue weighted by molar-refractivity contribution is -0.119. The molecule has 1 fully saturated rings. The highest BCUT2D eigenvalue weighted by Crippen LogP contribution is 2.52. The molecule has 1 unspecified atom stereocenters. The number of hydrogen-bond acceptors (Lipinski definition) is 3. The van der Waals surface area contributed by atoms with Crippen molar-refractivity contribution in [3.05, 3.63) is 58.4 Å². The number of nitrogens with zero attached hydrogens (tertiary/aromatic N) is 2. The molecule has 3 aliphatic rings. The van der Waals surface area contributed by atoms with E-state index < -0.39 is 0 Å². The molecule has 2 aromatic rings. The minimum atomic E-state index is -0.0285. The average Bonchev–Trinajstić information content (AvgIpc) is 3.46. The van der Waals surface area contributed by atoms with Crippen LogP contribution in [-0.4, -0.2) is 16.8 Å². The molecule has 1 aliphatic heterocycles. The SMILES string of the molecule is CC(=O)N[C@@H]1CCCc2c1cncc2N1C(=O)c2ccc(C)cc2C1C1CC1. The highest BCUT2D eigenvalue weighted by atomic mass is 16.2. The van der Waals surface area contributed by atoms with Crippen LogP contribution in [0, 0.1) is 12.8 Å². The Kier molecular flexibility index (Phi) is 4.00. The van der Waals surface area contributed by atoms with Crippen molar-refractivity contribution in [1.82, 2.24) is 10.3 Å². The Bertz CT molecular complexity index is 980. The van der Waals surface area contributed by atoms with Crippen LogP contribution in [0.1, 0.15) is 77.3 Å². The summed E-state index contributed by atoms with van der Waals surface area (Å²) in [5.41, 5.74) is 6.35. The smallest absolute Gasteiger partial charge is 0.259 e. The molecule has 1 N–H and O–H groups in total. The van der Waals surface area contributed by atoms with Crippen molar-refractivity contribution in [2.45, 2.75) is 58.0 Å². The zero-order valence-corrected chi connectivity index (χ0v) is 16.4. The summed E-state index contributed by atoms with van der Waals surface area (Å²) in [7, 11) is 0. The van der Waals surface area contributed by atoms with E-state index in [4.69, 9.17) is 0 Å². The van der Waals surface area contributed by atoms with Crippen LogP contribution in [-0.2, 0) is 11.2 Å². The number of aromatic nitrogens is 1. The minimum Gasteiger partial charge on any atom is -0.349 e. The molecule has 144 valence electrons. The van der Waals surface area contributed by atoms with Crippen LogP contribution in [0.4, 0.5) is 5.69 Å². The average molecular weight is 375 g/mol. The maximum Gasteiger partial charge on any atom is 0.259 e. The number of benzene rings is 1. The molecular formula is C23H25N3O2. The second-order valence-electron chi connectivity index (χ2n) is 8.42. The predicted octanol–water partition coefficient (Wildman–Crippen LogP) is 4.02. The third-order valence-electron chi connectivity index (χ3n) is 6.32. The predicted molar refractivity (Wildman–Crippen MR) is 107 cm³/mol. The zero-order chi connectivity index (χ0) is 19.4. The van der Waals surface area contributed by atoms with Gasteiger partial charge in [-0.1, -0.05) is 17.7 Å². The van der Waals surface area contributed by atoms with Gasteiger partial charge in [0.2, 0.25) is 5.91 Å². The number of carbonyl (C=O) groups is 2. The number of pyridine rings is 1. The first-order chi connectivity index (χ1) is 13.5. The van der Waals surface area contributed by atoms with E-state index in [0.29, 0.717) is 5.92 Å². The normalized spacial score (nSPS) is 23.4. The zero-order valence-electron chi connectivity index (χ0n) is 16.4. The Hall–Kier alpha value is -2.69. The number of anilines is 1. The van der Waals surface area contributed by atoms with Gasteiger partial charge in [0.25, 0.3) is 5.91 Å². The van der Waals surface area contributed by atoms with Crippen molar-refractivity contribution in [2.24, 2.45) is 5.92 Å². The van der Waals surface area contributed by atoms with Gasteiger partial charge in [-0.2, -0.15) is 0 Å². The first-order valence-corrected chi connectivity index (χ1v) is 10.2. The summed E-state index contributed by atoms with van der Waals surface area (Å²) in [5.74, 6) is 0.584. The molecule has 2 heterocycles. The number of carbonyl (C=O) groups excluding carboxylic acids is 2. The summed E-state index contributed by atoms with van der Waals surface area (Å²) in [5, 5.41) is 3.06. The van der Waals surface area contributed by atoms with Gasteiger partial charge in [0.05, 0.1) is 24.0 Å². The third-order valence-corrected chi connectivity index (χ3v) is 6.32. The van der Waals surface area contributed by atoms with E-state index in [1.54, 1.807) is 6.92 Å². The van der Waals surface area contributed by atoms with Crippen LogP contribution in [0.15, 0.2) is 30.6 Å².